The van der Waals surface area contributed by atoms with Crippen molar-refractivity contribution in [3.63, 3.8) is 0 Å². The number of fused-ring (bicyclic) bond motifs is 1. The molecule has 0 aromatic carbocycles. The van der Waals surface area contributed by atoms with E-state index >= 15 is 0 Å². The van der Waals surface area contributed by atoms with E-state index in [9.17, 15) is 10.1 Å². The van der Waals surface area contributed by atoms with Crippen LogP contribution in [0.2, 0.25) is 0 Å². The minimum absolute atomic E-state index is 0.127. The van der Waals surface area contributed by atoms with E-state index in [1.807, 2.05) is 36.5 Å². The van der Waals surface area contributed by atoms with E-state index in [1.54, 1.807) is 27.8 Å². The van der Waals surface area contributed by atoms with Crippen LogP contribution >= 0.6 is 0 Å². The summed E-state index contributed by atoms with van der Waals surface area (Å²) in [6.07, 6.45) is 9.76. The Labute approximate surface area is 214 Å². The van der Waals surface area contributed by atoms with Crippen LogP contribution in [0.25, 0.3) is 28.0 Å². The number of piperazine rings is 1. The summed E-state index contributed by atoms with van der Waals surface area (Å²) in [4.78, 5) is 28.9. The normalized spacial score (nSPS) is 18.5. The maximum Gasteiger partial charge on any atom is 0.227 e. The van der Waals surface area contributed by atoms with Gasteiger partial charge in [-0.2, -0.15) is 15.5 Å². The molecule has 0 N–H and O–H groups in total. The van der Waals surface area contributed by atoms with E-state index in [1.165, 1.54) is 0 Å². The molecule has 1 amide bonds. The number of rotatable bonds is 4. The van der Waals surface area contributed by atoms with E-state index in [0.717, 1.165) is 49.5 Å². The van der Waals surface area contributed by atoms with Gasteiger partial charge in [0.25, 0.3) is 0 Å². The van der Waals surface area contributed by atoms with Crippen LogP contribution in [0.4, 0.5) is 5.82 Å². The van der Waals surface area contributed by atoms with Crippen LogP contribution in [-0.4, -0.2) is 91.4 Å². The SMILES string of the molecule is CN1CCC(C(=O)N2CCN(c3ccc(-c4nc(-c5cnn(C)c5)cn5ncc(C#N)c45)cn3)CC2)C1. The Hall–Kier alpha value is -4.30. The second kappa shape index (κ2) is 9.29. The monoisotopic (exact) mass is 496 g/mol. The molecule has 1 atom stereocenters. The Balaban J connectivity index is 1.23. The Kier molecular flexibility index (Phi) is 5.81. The summed E-state index contributed by atoms with van der Waals surface area (Å²) in [6.45, 7) is 4.77. The number of anilines is 1. The highest BCUT2D eigenvalue weighted by Crippen LogP contribution is 2.29. The molecule has 37 heavy (non-hydrogen) atoms. The number of pyridine rings is 1. The van der Waals surface area contributed by atoms with Gasteiger partial charge in [0.1, 0.15) is 23.0 Å². The van der Waals surface area contributed by atoms with E-state index in [4.69, 9.17) is 9.97 Å². The van der Waals surface area contributed by atoms with E-state index in [0.29, 0.717) is 35.6 Å². The second-order valence-electron chi connectivity index (χ2n) is 9.81. The highest BCUT2D eigenvalue weighted by molar-refractivity contribution is 5.83. The van der Waals surface area contributed by atoms with Crippen molar-refractivity contribution < 1.29 is 4.79 Å². The highest BCUT2D eigenvalue weighted by Gasteiger charge is 2.31. The molecule has 188 valence electrons. The number of carbonyl (C=O) groups is 1. The Morgan fingerprint density at radius 2 is 1.84 bits per heavy atom. The van der Waals surface area contributed by atoms with Gasteiger partial charge in [-0.05, 0) is 32.1 Å². The third kappa shape index (κ3) is 4.29. The number of nitriles is 1. The van der Waals surface area contributed by atoms with E-state index in [2.05, 4.69) is 33.1 Å². The van der Waals surface area contributed by atoms with Gasteiger partial charge >= 0.3 is 0 Å². The molecule has 0 saturated carbocycles. The molecule has 0 aliphatic carbocycles. The number of carbonyl (C=O) groups excluding carboxylic acids is 1. The average Bonchev–Trinajstić information content (AvgIpc) is 3.67. The lowest BCUT2D eigenvalue weighted by Crippen LogP contribution is -2.50. The van der Waals surface area contributed by atoms with Crippen LogP contribution in [0.1, 0.15) is 12.0 Å². The fraction of sp³-hybridized carbons (Fsp3) is 0.385. The van der Waals surface area contributed by atoms with Gasteiger partial charge in [0.2, 0.25) is 5.91 Å². The predicted octanol–water partition coefficient (Wildman–Crippen LogP) is 1.66. The molecule has 6 heterocycles. The third-order valence-electron chi connectivity index (χ3n) is 7.29. The number of hydrogen-bond acceptors (Lipinski definition) is 8. The minimum atomic E-state index is 0.127. The standard InChI is InChI=1S/C26H28N10O/c1-32-6-5-19(15-32)26(37)35-9-7-34(8-10-35)23-4-3-18(12-28-23)24-25-20(11-27)13-30-36(25)17-22(31-24)21-14-29-33(2)16-21/h3-4,12-14,16-17,19H,5-10,15H2,1-2H3. The second-order valence-corrected chi connectivity index (χ2v) is 9.81. The number of aromatic nitrogens is 6. The molecule has 4 aromatic heterocycles. The van der Waals surface area contributed by atoms with Gasteiger partial charge in [-0.3, -0.25) is 9.48 Å². The van der Waals surface area contributed by atoms with Crippen LogP contribution < -0.4 is 4.90 Å². The summed E-state index contributed by atoms with van der Waals surface area (Å²) < 4.78 is 3.41. The summed E-state index contributed by atoms with van der Waals surface area (Å²) in [5.41, 5.74) is 4.12. The van der Waals surface area contributed by atoms with Crippen LogP contribution in [0.15, 0.2) is 43.1 Å². The molecular weight excluding hydrogens is 468 g/mol. The summed E-state index contributed by atoms with van der Waals surface area (Å²) in [6, 6.07) is 6.19. The van der Waals surface area contributed by atoms with Crippen LogP contribution in [-0.2, 0) is 11.8 Å². The zero-order chi connectivity index (χ0) is 25.5. The quantitative estimate of drug-likeness (QED) is 0.419. The van der Waals surface area contributed by atoms with Crippen LogP contribution in [0.5, 0.6) is 0 Å². The largest absolute Gasteiger partial charge is 0.353 e. The van der Waals surface area contributed by atoms with Crippen molar-refractivity contribution in [1.29, 1.82) is 5.26 Å². The molecule has 2 fully saturated rings. The van der Waals surface area contributed by atoms with Crippen molar-refractivity contribution in [2.75, 3.05) is 51.2 Å². The zero-order valence-corrected chi connectivity index (χ0v) is 20.9. The molecule has 2 saturated heterocycles. The molecule has 2 aliphatic heterocycles. The molecular formula is C26H28N10O. The smallest absolute Gasteiger partial charge is 0.227 e. The van der Waals surface area contributed by atoms with Gasteiger partial charge in [0, 0.05) is 63.3 Å². The first kappa shape index (κ1) is 23.1. The van der Waals surface area contributed by atoms with E-state index < -0.39 is 0 Å². The Bertz CT molecular complexity index is 1490. The van der Waals surface area contributed by atoms with Crippen LogP contribution in [0, 0.1) is 17.2 Å². The third-order valence-corrected chi connectivity index (χ3v) is 7.29. The maximum atomic E-state index is 12.9. The molecule has 0 spiro atoms. The summed E-state index contributed by atoms with van der Waals surface area (Å²) in [5, 5.41) is 18.3. The molecule has 0 radical (unpaired) electrons. The molecule has 0 bridgehead atoms. The number of nitrogens with zero attached hydrogens (tertiary/aromatic N) is 10. The first-order chi connectivity index (χ1) is 18.0. The number of amides is 1. The first-order valence-corrected chi connectivity index (χ1v) is 12.5. The summed E-state index contributed by atoms with van der Waals surface area (Å²) in [5.74, 6) is 1.28. The molecule has 1 unspecified atom stereocenters. The lowest BCUT2D eigenvalue weighted by Gasteiger charge is -2.36. The first-order valence-electron chi connectivity index (χ1n) is 12.5. The molecule has 2 aliphatic rings. The highest BCUT2D eigenvalue weighted by atomic mass is 16.2. The minimum Gasteiger partial charge on any atom is -0.353 e. The number of likely N-dealkylation sites (tertiary alicyclic amines) is 1. The van der Waals surface area contributed by atoms with Crippen LogP contribution in [0.3, 0.4) is 0 Å². The lowest BCUT2D eigenvalue weighted by molar-refractivity contribution is -0.135. The lowest BCUT2D eigenvalue weighted by atomic mass is 10.1. The van der Waals surface area contributed by atoms with Gasteiger partial charge in [-0.1, -0.05) is 0 Å². The topological polar surface area (TPSA) is 111 Å². The number of aryl methyl sites for hydroxylation is 1. The van der Waals surface area contributed by atoms with E-state index in [-0.39, 0.29) is 11.8 Å². The van der Waals surface area contributed by atoms with Gasteiger partial charge < -0.3 is 14.7 Å². The number of hydrogen-bond donors (Lipinski definition) is 0. The van der Waals surface area contributed by atoms with Crippen molar-refractivity contribution >= 4 is 17.2 Å². The van der Waals surface area contributed by atoms with Gasteiger partial charge in [0.05, 0.1) is 35.9 Å². The van der Waals surface area contributed by atoms with Crippen molar-refractivity contribution in [2.24, 2.45) is 13.0 Å². The van der Waals surface area contributed by atoms with Crippen molar-refractivity contribution in [2.45, 2.75) is 6.42 Å². The summed E-state index contributed by atoms with van der Waals surface area (Å²) >= 11 is 0. The zero-order valence-electron chi connectivity index (χ0n) is 20.9. The molecule has 4 aromatic rings. The average molecular weight is 497 g/mol. The Morgan fingerprint density at radius 3 is 2.49 bits per heavy atom. The molecule has 11 heteroatoms. The fourth-order valence-electron chi connectivity index (χ4n) is 5.25. The molecule has 6 rings (SSSR count). The Morgan fingerprint density at radius 1 is 1.00 bits per heavy atom. The maximum absolute atomic E-state index is 12.9. The van der Waals surface area contributed by atoms with Gasteiger partial charge in [-0.25, -0.2) is 14.5 Å². The predicted molar refractivity (Wildman–Crippen MR) is 138 cm³/mol. The summed E-state index contributed by atoms with van der Waals surface area (Å²) in [7, 11) is 3.93. The van der Waals surface area contributed by atoms with Crippen molar-refractivity contribution in [3.05, 3.63) is 48.7 Å². The van der Waals surface area contributed by atoms with Crippen molar-refractivity contribution in [3.8, 4) is 28.6 Å². The van der Waals surface area contributed by atoms with Gasteiger partial charge in [0.15, 0.2) is 0 Å². The van der Waals surface area contributed by atoms with Crippen molar-refractivity contribution in [1.82, 2.24) is 39.2 Å². The fourth-order valence-corrected chi connectivity index (χ4v) is 5.25. The molecule has 11 nitrogen and oxygen atoms in total. The van der Waals surface area contributed by atoms with Gasteiger partial charge in [-0.15, -0.1) is 0 Å².